The van der Waals surface area contributed by atoms with E-state index >= 15 is 0 Å². The number of esters is 1. The predicted molar refractivity (Wildman–Crippen MR) is 60.5 cm³/mol. The number of rotatable bonds is 6. The Labute approximate surface area is 94.8 Å². The van der Waals surface area contributed by atoms with Gasteiger partial charge >= 0.3 is 5.97 Å². The van der Waals surface area contributed by atoms with Crippen molar-refractivity contribution in [2.45, 2.75) is 13.3 Å². The number of nitrogens with zero attached hydrogens (tertiary/aromatic N) is 1. The van der Waals surface area contributed by atoms with Crippen LogP contribution in [0.3, 0.4) is 0 Å². The molecule has 0 saturated heterocycles. The Bertz CT molecular complexity index is 342. The molecule has 16 heavy (non-hydrogen) atoms. The Hall–Kier alpha value is -1.78. The lowest BCUT2D eigenvalue weighted by molar-refractivity contribution is -0.140. The first-order valence-electron chi connectivity index (χ1n) is 5.16. The van der Waals surface area contributed by atoms with Crippen molar-refractivity contribution >= 4 is 11.8 Å². The Morgan fingerprint density at radius 1 is 1.56 bits per heavy atom. The fraction of sp³-hybridized carbons (Fsp3) is 0.455. The van der Waals surface area contributed by atoms with Crippen molar-refractivity contribution in [2.75, 3.05) is 25.6 Å². The maximum absolute atomic E-state index is 10.9. The number of nitrogens with one attached hydrogen (secondary N) is 1. The number of aromatic nitrogens is 1. The van der Waals surface area contributed by atoms with Crippen LogP contribution in [0.25, 0.3) is 0 Å². The van der Waals surface area contributed by atoms with Crippen molar-refractivity contribution in [3.8, 4) is 5.75 Å². The molecule has 0 aliphatic carbocycles. The first-order chi connectivity index (χ1) is 7.77. The van der Waals surface area contributed by atoms with Gasteiger partial charge in [-0.3, -0.25) is 4.79 Å². The number of carbonyl (C=O) groups is 1. The quantitative estimate of drug-likeness (QED) is 0.741. The average molecular weight is 224 g/mol. The van der Waals surface area contributed by atoms with E-state index in [1.54, 1.807) is 12.3 Å². The summed E-state index contributed by atoms with van der Waals surface area (Å²) < 4.78 is 9.91. The molecule has 0 aliphatic rings. The van der Waals surface area contributed by atoms with Crippen LogP contribution in [0.1, 0.15) is 13.3 Å². The molecule has 1 heterocycles. The molecular weight excluding hydrogens is 208 g/mol. The zero-order valence-corrected chi connectivity index (χ0v) is 9.53. The molecule has 0 spiro atoms. The maximum atomic E-state index is 10.9. The van der Waals surface area contributed by atoms with Gasteiger partial charge in [-0.05, 0) is 19.1 Å². The number of ether oxygens (including phenoxy) is 2. The van der Waals surface area contributed by atoms with Crippen molar-refractivity contribution < 1.29 is 14.3 Å². The number of hydrogen-bond acceptors (Lipinski definition) is 5. The van der Waals surface area contributed by atoms with Crippen molar-refractivity contribution in [2.24, 2.45) is 0 Å². The van der Waals surface area contributed by atoms with Crippen LogP contribution < -0.4 is 10.1 Å². The van der Waals surface area contributed by atoms with Gasteiger partial charge in [0.2, 0.25) is 0 Å². The lowest BCUT2D eigenvalue weighted by Crippen LogP contribution is -2.11. The van der Waals surface area contributed by atoms with Gasteiger partial charge in [0, 0.05) is 12.7 Å². The highest BCUT2D eigenvalue weighted by atomic mass is 16.5. The highest BCUT2D eigenvalue weighted by Gasteiger charge is 2.04. The van der Waals surface area contributed by atoms with E-state index in [1.807, 2.05) is 13.0 Å². The zero-order valence-electron chi connectivity index (χ0n) is 9.53. The second kappa shape index (κ2) is 6.66. The summed E-state index contributed by atoms with van der Waals surface area (Å²) in [5, 5.41) is 3.03. The van der Waals surface area contributed by atoms with E-state index in [0.717, 1.165) is 0 Å². The van der Waals surface area contributed by atoms with E-state index in [2.05, 4.69) is 15.0 Å². The SMILES string of the molecule is CCOc1cccnc1NCCC(=O)OC. The van der Waals surface area contributed by atoms with Crippen molar-refractivity contribution in [3.05, 3.63) is 18.3 Å². The molecule has 0 unspecified atom stereocenters. The molecule has 0 aromatic carbocycles. The van der Waals surface area contributed by atoms with E-state index in [1.165, 1.54) is 7.11 Å². The number of methoxy groups -OCH3 is 1. The van der Waals surface area contributed by atoms with Crippen LogP contribution in [-0.4, -0.2) is 31.2 Å². The molecule has 0 radical (unpaired) electrons. The largest absolute Gasteiger partial charge is 0.490 e. The summed E-state index contributed by atoms with van der Waals surface area (Å²) in [4.78, 5) is 15.0. The van der Waals surface area contributed by atoms with Crippen LogP contribution in [-0.2, 0) is 9.53 Å². The van der Waals surface area contributed by atoms with Gasteiger partial charge in [0.05, 0.1) is 20.1 Å². The first-order valence-corrected chi connectivity index (χ1v) is 5.16. The van der Waals surface area contributed by atoms with Gasteiger partial charge in [-0.15, -0.1) is 0 Å². The van der Waals surface area contributed by atoms with Gasteiger partial charge in [0.1, 0.15) is 0 Å². The molecule has 1 rings (SSSR count). The third kappa shape index (κ3) is 3.76. The Balaban J connectivity index is 2.49. The number of pyridine rings is 1. The molecule has 5 nitrogen and oxygen atoms in total. The van der Waals surface area contributed by atoms with Crippen LogP contribution in [0.2, 0.25) is 0 Å². The Kier molecular flexibility index (Phi) is 5.11. The van der Waals surface area contributed by atoms with Crippen LogP contribution in [0.15, 0.2) is 18.3 Å². The van der Waals surface area contributed by atoms with Gasteiger partial charge in [-0.2, -0.15) is 0 Å². The molecule has 0 amide bonds. The minimum absolute atomic E-state index is 0.249. The molecule has 0 fully saturated rings. The highest BCUT2D eigenvalue weighted by Crippen LogP contribution is 2.20. The lowest BCUT2D eigenvalue weighted by Gasteiger charge is -2.10. The van der Waals surface area contributed by atoms with Crippen molar-refractivity contribution in [3.63, 3.8) is 0 Å². The van der Waals surface area contributed by atoms with Gasteiger partial charge in [0.25, 0.3) is 0 Å². The van der Waals surface area contributed by atoms with Gasteiger partial charge in [-0.1, -0.05) is 0 Å². The smallest absolute Gasteiger partial charge is 0.307 e. The molecule has 88 valence electrons. The summed E-state index contributed by atoms with van der Waals surface area (Å²) in [6, 6.07) is 3.63. The lowest BCUT2D eigenvalue weighted by atomic mass is 10.4. The fourth-order valence-electron chi connectivity index (χ4n) is 1.18. The summed E-state index contributed by atoms with van der Waals surface area (Å²) in [5.74, 6) is 1.09. The Morgan fingerprint density at radius 2 is 2.38 bits per heavy atom. The predicted octanol–water partition coefficient (Wildman–Crippen LogP) is 1.46. The molecule has 1 aromatic rings. The number of anilines is 1. The monoisotopic (exact) mass is 224 g/mol. The molecule has 0 aliphatic heterocycles. The average Bonchev–Trinajstić information content (AvgIpc) is 2.31. The first kappa shape index (κ1) is 12.3. The van der Waals surface area contributed by atoms with Crippen molar-refractivity contribution in [1.29, 1.82) is 0 Å². The molecule has 5 heteroatoms. The topological polar surface area (TPSA) is 60.5 Å². The summed E-state index contributed by atoms with van der Waals surface area (Å²) in [7, 11) is 1.37. The second-order valence-corrected chi connectivity index (χ2v) is 3.04. The highest BCUT2D eigenvalue weighted by molar-refractivity contribution is 5.69. The summed E-state index contributed by atoms with van der Waals surface area (Å²) in [6.07, 6.45) is 1.97. The van der Waals surface area contributed by atoms with E-state index < -0.39 is 0 Å². The molecule has 0 bridgehead atoms. The number of carbonyl (C=O) groups excluding carboxylic acids is 1. The Morgan fingerprint density at radius 3 is 3.06 bits per heavy atom. The molecule has 1 aromatic heterocycles. The third-order valence-electron chi connectivity index (χ3n) is 1.92. The number of hydrogen-bond donors (Lipinski definition) is 1. The van der Waals surface area contributed by atoms with Gasteiger partial charge in [-0.25, -0.2) is 4.98 Å². The molecular formula is C11H16N2O3. The molecule has 0 atom stereocenters. The zero-order chi connectivity index (χ0) is 11.8. The van der Waals surface area contributed by atoms with Gasteiger partial charge < -0.3 is 14.8 Å². The van der Waals surface area contributed by atoms with Crippen LogP contribution in [0, 0.1) is 0 Å². The molecule has 0 saturated carbocycles. The summed E-state index contributed by atoms with van der Waals surface area (Å²) in [6.45, 7) is 2.96. The van der Waals surface area contributed by atoms with Gasteiger partial charge in [0.15, 0.2) is 11.6 Å². The van der Waals surface area contributed by atoms with Crippen LogP contribution in [0.4, 0.5) is 5.82 Å². The van der Waals surface area contributed by atoms with E-state index in [0.29, 0.717) is 31.1 Å². The van der Waals surface area contributed by atoms with E-state index in [9.17, 15) is 4.79 Å². The second-order valence-electron chi connectivity index (χ2n) is 3.04. The van der Waals surface area contributed by atoms with Crippen molar-refractivity contribution in [1.82, 2.24) is 4.98 Å². The minimum Gasteiger partial charge on any atom is -0.490 e. The third-order valence-corrected chi connectivity index (χ3v) is 1.92. The normalized spacial score (nSPS) is 9.62. The standard InChI is InChI=1S/C11H16N2O3/c1-3-16-9-5-4-7-12-11(9)13-8-6-10(14)15-2/h4-5,7H,3,6,8H2,1-2H3,(H,12,13). The van der Waals surface area contributed by atoms with E-state index in [-0.39, 0.29) is 5.97 Å². The maximum Gasteiger partial charge on any atom is 0.307 e. The summed E-state index contributed by atoms with van der Waals surface area (Å²) in [5.41, 5.74) is 0. The minimum atomic E-state index is -0.249. The van der Waals surface area contributed by atoms with Crippen LogP contribution in [0.5, 0.6) is 5.75 Å². The summed E-state index contributed by atoms with van der Waals surface area (Å²) >= 11 is 0. The van der Waals surface area contributed by atoms with Crippen LogP contribution >= 0.6 is 0 Å². The fourth-order valence-corrected chi connectivity index (χ4v) is 1.18. The molecule has 1 N–H and O–H groups in total. The van der Waals surface area contributed by atoms with E-state index in [4.69, 9.17) is 4.74 Å².